The Hall–Kier alpha value is -3.40. The first-order valence-electron chi connectivity index (χ1n) is 14.3. The van der Waals surface area contributed by atoms with Crippen LogP contribution in [0.15, 0.2) is 64.5 Å². The lowest BCUT2D eigenvalue weighted by atomic mass is 10.2. The van der Waals surface area contributed by atoms with E-state index in [0.717, 1.165) is 91.6 Å². The van der Waals surface area contributed by atoms with Crippen molar-refractivity contribution in [2.75, 3.05) is 85.6 Å². The van der Waals surface area contributed by atoms with Crippen molar-refractivity contribution in [3.05, 3.63) is 60.3 Å². The molecule has 0 radical (unpaired) electrons. The Balaban J connectivity index is 0.997. The van der Waals surface area contributed by atoms with Gasteiger partial charge in [-0.1, -0.05) is 23.9 Å². The van der Waals surface area contributed by atoms with E-state index in [4.69, 9.17) is 9.29 Å². The lowest BCUT2D eigenvalue weighted by molar-refractivity contribution is 0.122. The number of piperazine rings is 1. The second-order valence-corrected chi connectivity index (χ2v) is 13.3. The molecular weight excluding hydrogens is 590 g/mol. The number of fused-ring (bicyclic) bond motifs is 2. The Morgan fingerprint density at radius 2 is 1.65 bits per heavy atom. The summed E-state index contributed by atoms with van der Waals surface area (Å²) in [5.41, 5.74) is 4.54. The van der Waals surface area contributed by atoms with Crippen molar-refractivity contribution in [2.24, 2.45) is 0 Å². The van der Waals surface area contributed by atoms with Crippen LogP contribution in [0.5, 0.6) is 0 Å². The van der Waals surface area contributed by atoms with E-state index in [1.807, 2.05) is 53.6 Å². The van der Waals surface area contributed by atoms with Crippen LogP contribution in [-0.4, -0.2) is 98.6 Å². The molecule has 4 N–H and O–H groups in total. The minimum Gasteiger partial charge on any atom is -0.378 e. The molecule has 3 aromatic rings. The summed E-state index contributed by atoms with van der Waals surface area (Å²) in [5, 5.41) is 9.26. The SMILES string of the molecule is O=C(Nc1ccc(CN2CCN(CCS(=O)(=O)O)CC2)cc1)Nc1ccc2c(c1)Nc1nccc(N3CCOCC3)c1S2. The monoisotopic (exact) mass is 625 g/mol. The summed E-state index contributed by atoms with van der Waals surface area (Å²) in [5.74, 6) is 0.571. The van der Waals surface area contributed by atoms with Gasteiger partial charge in [-0.05, 0) is 42.0 Å². The van der Waals surface area contributed by atoms with Crippen LogP contribution in [0.1, 0.15) is 5.56 Å². The highest BCUT2D eigenvalue weighted by Crippen LogP contribution is 2.48. The number of rotatable bonds is 8. The van der Waals surface area contributed by atoms with Crippen molar-refractivity contribution in [1.29, 1.82) is 0 Å². The summed E-state index contributed by atoms with van der Waals surface area (Å²) in [6, 6.07) is 15.3. The zero-order valence-electron chi connectivity index (χ0n) is 23.7. The number of nitrogens with one attached hydrogen (secondary N) is 3. The normalized spacial score (nSPS) is 17.5. The fourth-order valence-corrected chi connectivity index (χ4v) is 6.94. The highest BCUT2D eigenvalue weighted by molar-refractivity contribution is 8.00. The fourth-order valence-electron chi connectivity index (χ4n) is 5.37. The van der Waals surface area contributed by atoms with Gasteiger partial charge in [0, 0.05) is 74.8 Å². The molecule has 4 heterocycles. The van der Waals surface area contributed by atoms with E-state index >= 15 is 0 Å². The Labute approximate surface area is 255 Å². The first-order chi connectivity index (χ1) is 20.8. The quantitative estimate of drug-likeness (QED) is 0.213. The molecule has 2 amide bonds. The number of pyridine rings is 1. The summed E-state index contributed by atoms with van der Waals surface area (Å²) in [4.78, 5) is 26.2. The number of nitrogens with zero attached hydrogens (tertiary/aromatic N) is 4. The first-order valence-corrected chi connectivity index (χ1v) is 16.7. The number of morpholine rings is 1. The maximum Gasteiger partial charge on any atom is 0.323 e. The molecule has 1 aromatic heterocycles. The topological polar surface area (TPSA) is 139 Å². The van der Waals surface area contributed by atoms with Gasteiger partial charge >= 0.3 is 6.03 Å². The zero-order valence-corrected chi connectivity index (χ0v) is 25.3. The van der Waals surface area contributed by atoms with Gasteiger partial charge in [0.2, 0.25) is 0 Å². The van der Waals surface area contributed by atoms with Crippen LogP contribution >= 0.6 is 11.8 Å². The second-order valence-electron chi connectivity index (χ2n) is 10.7. The lowest BCUT2D eigenvalue weighted by Crippen LogP contribution is -2.47. The number of amides is 2. The number of ether oxygens (including phenoxy) is 1. The van der Waals surface area contributed by atoms with Crippen molar-refractivity contribution in [3.8, 4) is 0 Å². The van der Waals surface area contributed by atoms with E-state index in [1.54, 1.807) is 11.8 Å². The van der Waals surface area contributed by atoms with Crippen LogP contribution in [0.3, 0.4) is 0 Å². The second kappa shape index (κ2) is 13.1. The predicted molar refractivity (Wildman–Crippen MR) is 168 cm³/mol. The third kappa shape index (κ3) is 7.77. The van der Waals surface area contributed by atoms with Gasteiger partial charge in [0.25, 0.3) is 10.1 Å². The van der Waals surface area contributed by atoms with E-state index in [9.17, 15) is 13.2 Å². The van der Waals surface area contributed by atoms with E-state index in [2.05, 4.69) is 36.8 Å². The molecular formula is C29H35N7O5S2. The number of hydrogen-bond donors (Lipinski definition) is 4. The average Bonchev–Trinajstić information content (AvgIpc) is 3.00. The molecule has 3 aliphatic heterocycles. The third-order valence-electron chi connectivity index (χ3n) is 7.69. The molecule has 0 saturated carbocycles. The highest BCUT2D eigenvalue weighted by Gasteiger charge is 2.24. The molecule has 0 spiro atoms. The van der Waals surface area contributed by atoms with Crippen molar-refractivity contribution in [1.82, 2.24) is 14.8 Å². The number of benzene rings is 2. The summed E-state index contributed by atoms with van der Waals surface area (Å²) in [6.45, 7) is 7.40. The Morgan fingerprint density at radius 3 is 2.40 bits per heavy atom. The van der Waals surface area contributed by atoms with Crippen LogP contribution in [0.2, 0.25) is 0 Å². The Morgan fingerprint density at radius 1 is 0.953 bits per heavy atom. The number of hydrogen-bond acceptors (Lipinski definition) is 10. The third-order valence-corrected chi connectivity index (χ3v) is 9.57. The fraction of sp³-hybridized carbons (Fsp3) is 0.379. The molecule has 2 aromatic carbocycles. The minimum absolute atomic E-state index is 0.236. The van der Waals surface area contributed by atoms with Crippen LogP contribution in [0.25, 0.3) is 0 Å². The number of urea groups is 1. The maximum atomic E-state index is 12.8. The number of anilines is 5. The molecule has 6 rings (SSSR count). The summed E-state index contributed by atoms with van der Waals surface area (Å²) in [7, 11) is -3.93. The van der Waals surface area contributed by atoms with Gasteiger partial charge in [-0.3, -0.25) is 14.4 Å². The van der Waals surface area contributed by atoms with Gasteiger partial charge in [-0.2, -0.15) is 8.42 Å². The van der Waals surface area contributed by atoms with E-state index in [-0.39, 0.29) is 11.8 Å². The number of aromatic nitrogens is 1. The lowest BCUT2D eigenvalue weighted by Gasteiger charge is -2.34. The van der Waals surface area contributed by atoms with E-state index < -0.39 is 10.1 Å². The predicted octanol–water partition coefficient (Wildman–Crippen LogP) is 3.78. The van der Waals surface area contributed by atoms with Crippen molar-refractivity contribution < 1.29 is 22.5 Å². The van der Waals surface area contributed by atoms with E-state index in [1.165, 1.54) is 0 Å². The molecule has 2 saturated heterocycles. The van der Waals surface area contributed by atoms with Crippen LogP contribution < -0.4 is 20.9 Å². The molecule has 3 aliphatic rings. The van der Waals surface area contributed by atoms with E-state index in [0.29, 0.717) is 17.9 Å². The van der Waals surface area contributed by atoms with Gasteiger partial charge in [0.1, 0.15) is 5.82 Å². The van der Waals surface area contributed by atoms with Crippen molar-refractivity contribution in [2.45, 2.75) is 16.3 Å². The average molecular weight is 626 g/mol. The first kappa shape index (κ1) is 29.7. The van der Waals surface area contributed by atoms with Crippen LogP contribution in [0.4, 0.5) is 33.4 Å². The number of carbonyl (C=O) groups excluding carboxylic acids is 1. The minimum atomic E-state index is -3.93. The molecule has 0 unspecified atom stereocenters. The summed E-state index contributed by atoms with van der Waals surface area (Å²) < 4.78 is 36.4. The van der Waals surface area contributed by atoms with Crippen LogP contribution in [-0.2, 0) is 21.4 Å². The van der Waals surface area contributed by atoms with Gasteiger partial charge in [0.05, 0.1) is 35.2 Å². The Kier molecular flexibility index (Phi) is 9.02. The molecule has 12 nitrogen and oxygen atoms in total. The molecule has 0 aliphatic carbocycles. The van der Waals surface area contributed by atoms with Gasteiger partial charge in [-0.15, -0.1) is 0 Å². The standard InChI is InChI=1S/C29H35N7O5S2/c37-29(31-22-3-1-21(2-4-22)20-35-11-9-34(10-12-35)15-18-43(38,39)40)32-23-5-6-26-24(19-23)33-28-27(42-26)25(7-8-30-28)36-13-16-41-17-14-36/h1-8,19H,9-18,20H2,(H,30,33)(H2,31,32,37)(H,38,39,40). The number of carbonyl (C=O) groups is 1. The summed E-state index contributed by atoms with van der Waals surface area (Å²) in [6.07, 6.45) is 1.82. The van der Waals surface area contributed by atoms with Gasteiger partial charge in [0.15, 0.2) is 0 Å². The van der Waals surface area contributed by atoms with Crippen molar-refractivity contribution in [3.63, 3.8) is 0 Å². The van der Waals surface area contributed by atoms with Crippen molar-refractivity contribution >= 4 is 56.5 Å². The summed E-state index contributed by atoms with van der Waals surface area (Å²) >= 11 is 1.68. The molecule has 0 atom stereocenters. The maximum absolute atomic E-state index is 12.8. The molecule has 228 valence electrons. The molecule has 2 fully saturated rings. The highest BCUT2D eigenvalue weighted by atomic mass is 32.2. The molecule has 0 bridgehead atoms. The van der Waals surface area contributed by atoms with Gasteiger partial charge in [-0.25, -0.2) is 9.78 Å². The zero-order chi connectivity index (χ0) is 29.8. The largest absolute Gasteiger partial charge is 0.378 e. The van der Waals surface area contributed by atoms with Crippen LogP contribution in [0, 0.1) is 0 Å². The smallest absolute Gasteiger partial charge is 0.323 e. The Bertz CT molecular complexity index is 1560. The molecule has 14 heteroatoms. The van der Waals surface area contributed by atoms with Gasteiger partial charge < -0.3 is 25.6 Å². The molecule has 43 heavy (non-hydrogen) atoms.